The summed E-state index contributed by atoms with van der Waals surface area (Å²) in [5, 5.41) is 3.11. The van der Waals surface area contributed by atoms with E-state index in [0.29, 0.717) is 13.1 Å². The standard InChI is InChI=1S/C18H31N3O.2ClH/c1-6-18(7-2,13-19)17(22)20-12-16(21(4)5)15-10-8-14(3)9-11-15;;/h8-11,16H,6-7,12-13,19H2,1-5H3,(H,20,22);2*1H. The van der Waals surface area contributed by atoms with E-state index in [1.165, 1.54) is 11.1 Å². The average molecular weight is 378 g/mol. The molecule has 0 saturated carbocycles. The molecule has 0 fully saturated rings. The first-order chi connectivity index (χ1) is 10.4. The van der Waals surface area contributed by atoms with Crippen LogP contribution in [0.4, 0.5) is 0 Å². The summed E-state index contributed by atoms with van der Waals surface area (Å²) in [6.07, 6.45) is 1.53. The Bertz CT molecular complexity index is 465. The van der Waals surface area contributed by atoms with E-state index in [9.17, 15) is 4.79 Å². The predicted molar refractivity (Wildman–Crippen MR) is 107 cm³/mol. The van der Waals surface area contributed by atoms with Crippen LogP contribution in [-0.4, -0.2) is 38.0 Å². The molecule has 0 heterocycles. The van der Waals surface area contributed by atoms with E-state index in [1.54, 1.807) is 0 Å². The highest BCUT2D eigenvalue weighted by atomic mass is 35.5. The minimum atomic E-state index is -0.440. The van der Waals surface area contributed by atoms with Crippen LogP contribution in [0.25, 0.3) is 0 Å². The van der Waals surface area contributed by atoms with Gasteiger partial charge in [0.15, 0.2) is 0 Å². The second kappa shape index (κ2) is 11.7. The lowest BCUT2D eigenvalue weighted by Crippen LogP contribution is -2.47. The minimum absolute atomic E-state index is 0. The smallest absolute Gasteiger partial charge is 0.227 e. The van der Waals surface area contributed by atoms with Gasteiger partial charge in [-0.15, -0.1) is 24.8 Å². The highest BCUT2D eigenvalue weighted by molar-refractivity contribution is 5.85. The molecule has 1 unspecified atom stereocenters. The predicted octanol–water partition coefficient (Wildman–Crippen LogP) is 3.32. The summed E-state index contributed by atoms with van der Waals surface area (Å²) in [6, 6.07) is 8.63. The van der Waals surface area contributed by atoms with Crippen molar-refractivity contribution in [2.75, 3.05) is 27.2 Å². The van der Waals surface area contributed by atoms with Crippen LogP contribution < -0.4 is 11.1 Å². The number of nitrogens with zero attached hydrogens (tertiary/aromatic N) is 1. The molecule has 1 atom stereocenters. The van der Waals surface area contributed by atoms with Crippen LogP contribution in [0.3, 0.4) is 0 Å². The first-order valence-electron chi connectivity index (χ1n) is 8.11. The Hall–Kier alpha value is -0.810. The maximum Gasteiger partial charge on any atom is 0.227 e. The van der Waals surface area contributed by atoms with Crippen molar-refractivity contribution in [1.29, 1.82) is 0 Å². The topological polar surface area (TPSA) is 58.4 Å². The fraction of sp³-hybridized carbons (Fsp3) is 0.611. The largest absolute Gasteiger partial charge is 0.354 e. The molecule has 1 rings (SSSR count). The molecule has 140 valence electrons. The van der Waals surface area contributed by atoms with Crippen molar-refractivity contribution in [2.45, 2.75) is 39.7 Å². The molecule has 0 aromatic heterocycles. The Labute approximate surface area is 159 Å². The number of nitrogens with one attached hydrogen (secondary N) is 1. The Morgan fingerprint density at radius 3 is 2.04 bits per heavy atom. The molecule has 1 aromatic rings. The van der Waals surface area contributed by atoms with Crippen molar-refractivity contribution in [3.63, 3.8) is 0 Å². The average Bonchev–Trinajstić information content (AvgIpc) is 2.51. The zero-order valence-electron chi connectivity index (χ0n) is 15.5. The quantitative estimate of drug-likeness (QED) is 0.730. The van der Waals surface area contributed by atoms with Crippen LogP contribution in [0, 0.1) is 12.3 Å². The number of halogens is 2. The lowest BCUT2D eigenvalue weighted by molar-refractivity contribution is -0.131. The van der Waals surface area contributed by atoms with Crippen molar-refractivity contribution in [3.05, 3.63) is 35.4 Å². The number of amides is 1. The van der Waals surface area contributed by atoms with Gasteiger partial charge in [-0.2, -0.15) is 0 Å². The number of benzene rings is 1. The van der Waals surface area contributed by atoms with Gasteiger partial charge in [0, 0.05) is 13.1 Å². The van der Waals surface area contributed by atoms with Gasteiger partial charge in [0.25, 0.3) is 0 Å². The molecule has 0 saturated heterocycles. The molecule has 0 spiro atoms. The highest BCUT2D eigenvalue weighted by Gasteiger charge is 2.33. The fourth-order valence-electron chi connectivity index (χ4n) is 2.72. The first-order valence-corrected chi connectivity index (χ1v) is 8.11. The maximum atomic E-state index is 12.6. The van der Waals surface area contributed by atoms with Gasteiger partial charge in [0.2, 0.25) is 5.91 Å². The van der Waals surface area contributed by atoms with Crippen molar-refractivity contribution in [3.8, 4) is 0 Å². The van der Waals surface area contributed by atoms with E-state index in [0.717, 1.165) is 12.8 Å². The van der Waals surface area contributed by atoms with Crippen LogP contribution in [0.2, 0.25) is 0 Å². The Balaban J connectivity index is 0. The molecule has 1 aromatic carbocycles. The number of aryl methyl sites for hydroxylation is 1. The molecule has 0 radical (unpaired) electrons. The third kappa shape index (κ3) is 6.25. The van der Waals surface area contributed by atoms with Crippen LogP contribution in [0.5, 0.6) is 0 Å². The molecular weight excluding hydrogens is 345 g/mol. The van der Waals surface area contributed by atoms with Crippen molar-refractivity contribution < 1.29 is 4.79 Å². The number of hydrogen-bond donors (Lipinski definition) is 2. The maximum absolute atomic E-state index is 12.6. The summed E-state index contributed by atoms with van der Waals surface area (Å²) < 4.78 is 0. The normalized spacial score (nSPS) is 12.1. The van der Waals surface area contributed by atoms with Crippen LogP contribution >= 0.6 is 24.8 Å². The second-order valence-electron chi connectivity index (χ2n) is 6.29. The summed E-state index contributed by atoms with van der Waals surface area (Å²) >= 11 is 0. The molecule has 0 aliphatic heterocycles. The number of rotatable bonds is 8. The number of hydrogen-bond acceptors (Lipinski definition) is 3. The van der Waals surface area contributed by atoms with Gasteiger partial charge in [0.1, 0.15) is 0 Å². The third-order valence-corrected chi connectivity index (χ3v) is 4.77. The van der Waals surface area contributed by atoms with Gasteiger partial charge in [-0.3, -0.25) is 4.79 Å². The minimum Gasteiger partial charge on any atom is -0.354 e. The van der Waals surface area contributed by atoms with Gasteiger partial charge in [-0.05, 0) is 39.4 Å². The lowest BCUT2D eigenvalue weighted by atomic mass is 9.81. The van der Waals surface area contributed by atoms with E-state index in [2.05, 4.69) is 41.4 Å². The van der Waals surface area contributed by atoms with Gasteiger partial charge >= 0.3 is 0 Å². The Morgan fingerprint density at radius 2 is 1.67 bits per heavy atom. The number of carbonyl (C=O) groups is 1. The zero-order chi connectivity index (χ0) is 16.8. The molecule has 3 N–H and O–H groups in total. The number of likely N-dealkylation sites (N-methyl/N-ethyl adjacent to an activating group) is 1. The lowest BCUT2D eigenvalue weighted by Gasteiger charge is -2.31. The number of carbonyl (C=O) groups excluding carboxylic acids is 1. The molecule has 4 nitrogen and oxygen atoms in total. The van der Waals surface area contributed by atoms with Crippen LogP contribution in [-0.2, 0) is 4.79 Å². The molecule has 1 amide bonds. The fourth-order valence-corrected chi connectivity index (χ4v) is 2.72. The molecule has 6 heteroatoms. The summed E-state index contributed by atoms with van der Waals surface area (Å²) in [6.45, 7) is 7.12. The van der Waals surface area contributed by atoms with Gasteiger partial charge in [-0.25, -0.2) is 0 Å². The van der Waals surface area contributed by atoms with Gasteiger partial charge < -0.3 is 16.0 Å². The van der Waals surface area contributed by atoms with E-state index in [4.69, 9.17) is 5.73 Å². The summed E-state index contributed by atoms with van der Waals surface area (Å²) in [5.74, 6) is 0.0685. The SMILES string of the molecule is CCC(CC)(CN)C(=O)NCC(c1ccc(C)cc1)N(C)C.Cl.Cl. The summed E-state index contributed by atoms with van der Waals surface area (Å²) in [7, 11) is 4.07. The summed E-state index contributed by atoms with van der Waals surface area (Å²) in [4.78, 5) is 14.7. The van der Waals surface area contributed by atoms with E-state index in [-0.39, 0.29) is 36.8 Å². The Morgan fingerprint density at radius 1 is 1.17 bits per heavy atom. The van der Waals surface area contributed by atoms with Gasteiger partial charge in [-0.1, -0.05) is 43.7 Å². The molecule has 0 aliphatic rings. The van der Waals surface area contributed by atoms with Crippen molar-refractivity contribution in [2.24, 2.45) is 11.1 Å². The molecule has 24 heavy (non-hydrogen) atoms. The molecule has 0 aliphatic carbocycles. The van der Waals surface area contributed by atoms with Gasteiger partial charge in [0.05, 0.1) is 11.5 Å². The molecule has 0 bridgehead atoms. The zero-order valence-corrected chi connectivity index (χ0v) is 17.1. The van der Waals surface area contributed by atoms with Crippen molar-refractivity contribution in [1.82, 2.24) is 10.2 Å². The molecular formula is C18H33Cl2N3O. The second-order valence-corrected chi connectivity index (χ2v) is 6.29. The Kier molecular flexibility index (Phi) is 12.4. The highest BCUT2D eigenvalue weighted by Crippen LogP contribution is 2.25. The van der Waals surface area contributed by atoms with E-state index in [1.807, 2.05) is 27.9 Å². The van der Waals surface area contributed by atoms with E-state index < -0.39 is 5.41 Å². The number of nitrogens with two attached hydrogens (primary N) is 1. The van der Waals surface area contributed by atoms with E-state index >= 15 is 0 Å². The summed E-state index contributed by atoms with van der Waals surface area (Å²) in [5.41, 5.74) is 7.86. The van der Waals surface area contributed by atoms with Crippen LogP contribution in [0.1, 0.15) is 43.9 Å². The van der Waals surface area contributed by atoms with Crippen molar-refractivity contribution >= 4 is 30.7 Å². The monoisotopic (exact) mass is 377 g/mol. The first kappa shape index (κ1) is 25.4. The third-order valence-electron chi connectivity index (χ3n) is 4.77. The van der Waals surface area contributed by atoms with Crippen LogP contribution in [0.15, 0.2) is 24.3 Å².